The molecule has 0 aliphatic carbocycles. The number of aryl methyl sites for hydroxylation is 1. The fourth-order valence-electron chi connectivity index (χ4n) is 1.77. The number of ether oxygens (including phenoxy) is 1. The number of furan rings is 1. The first-order chi connectivity index (χ1) is 8.78. The summed E-state index contributed by atoms with van der Waals surface area (Å²) in [7, 11) is 0. The summed E-state index contributed by atoms with van der Waals surface area (Å²) in [6.07, 6.45) is 2.50. The minimum absolute atomic E-state index is 0.275. The Morgan fingerprint density at radius 3 is 2.61 bits per heavy atom. The quantitative estimate of drug-likeness (QED) is 0.851. The number of hydrogen-bond donors (Lipinski definition) is 1. The van der Waals surface area contributed by atoms with Gasteiger partial charge in [-0.25, -0.2) is 0 Å². The fourth-order valence-corrected chi connectivity index (χ4v) is 1.77. The normalized spacial score (nSPS) is 12.3. The molecule has 0 spiro atoms. The van der Waals surface area contributed by atoms with Gasteiger partial charge in [-0.05, 0) is 37.7 Å². The molecular weight excluding hydrogens is 226 g/mol. The van der Waals surface area contributed by atoms with Crippen molar-refractivity contribution < 1.29 is 9.15 Å². The lowest BCUT2D eigenvalue weighted by Gasteiger charge is -2.14. The van der Waals surface area contributed by atoms with Crippen molar-refractivity contribution in [3.8, 4) is 5.75 Å². The van der Waals surface area contributed by atoms with Gasteiger partial charge in [-0.1, -0.05) is 17.7 Å². The van der Waals surface area contributed by atoms with Gasteiger partial charge < -0.3 is 14.9 Å². The van der Waals surface area contributed by atoms with Crippen LogP contribution in [0.1, 0.15) is 11.3 Å². The van der Waals surface area contributed by atoms with E-state index >= 15 is 0 Å². The van der Waals surface area contributed by atoms with Gasteiger partial charge in [0.1, 0.15) is 11.5 Å². The van der Waals surface area contributed by atoms with Gasteiger partial charge >= 0.3 is 0 Å². The molecule has 0 aliphatic rings. The summed E-state index contributed by atoms with van der Waals surface area (Å²) in [6, 6.07) is 11.9. The van der Waals surface area contributed by atoms with Crippen molar-refractivity contribution in [2.75, 3.05) is 13.2 Å². The predicted octanol–water partition coefficient (Wildman–Crippen LogP) is 2.78. The molecule has 1 aromatic carbocycles. The molecule has 18 heavy (non-hydrogen) atoms. The van der Waals surface area contributed by atoms with Crippen molar-refractivity contribution in [2.45, 2.75) is 13.3 Å². The van der Waals surface area contributed by atoms with Crippen LogP contribution in [0.25, 0.3) is 0 Å². The highest BCUT2D eigenvalue weighted by Crippen LogP contribution is 2.14. The number of nitrogens with two attached hydrogens (primary N) is 1. The molecule has 0 bridgehead atoms. The largest absolute Gasteiger partial charge is 0.493 e. The number of benzene rings is 1. The second-order valence-electron chi connectivity index (χ2n) is 4.51. The fraction of sp³-hybridized carbons (Fsp3) is 0.333. The molecule has 2 N–H and O–H groups in total. The molecule has 0 fully saturated rings. The van der Waals surface area contributed by atoms with E-state index in [1.165, 1.54) is 5.56 Å². The molecule has 3 nitrogen and oxygen atoms in total. The first-order valence-electron chi connectivity index (χ1n) is 6.20. The molecule has 1 aromatic heterocycles. The first-order valence-corrected chi connectivity index (χ1v) is 6.20. The van der Waals surface area contributed by atoms with Gasteiger partial charge in [-0.15, -0.1) is 0 Å². The molecule has 2 aromatic rings. The summed E-state index contributed by atoms with van der Waals surface area (Å²) < 4.78 is 11.1. The molecular formula is C15H19NO2. The van der Waals surface area contributed by atoms with Crippen molar-refractivity contribution in [1.29, 1.82) is 0 Å². The number of rotatable bonds is 6. The lowest BCUT2D eigenvalue weighted by Crippen LogP contribution is -2.23. The van der Waals surface area contributed by atoms with Crippen LogP contribution in [0.15, 0.2) is 47.1 Å². The Balaban J connectivity index is 1.85. The van der Waals surface area contributed by atoms with E-state index in [-0.39, 0.29) is 5.92 Å². The highest BCUT2D eigenvalue weighted by atomic mass is 16.5. The molecule has 0 aliphatic heterocycles. The monoisotopic (exact) mass is 245 g/mol. The Morgan fingerprint density at radius 1 is 1.22 bits per heavy atom. The van der Waals surface area contributed by atoms with E-state index in [9.17, 15) is 0 Å². The van der Waals surface area contributed by atoms with E-state index in [1.54, 1.807) is 6.26 Å². The zero-order valence-electron chi connectivity index (χ0n) is 10.6. The minimum atomic E-state index is 0.275. The van der Waals surface area contributed by atoms with Crippen LogP contribution in [0.2, 0.25) is 0 Å². The third-order valence-electron chi connectivity index (χ3n) is 2.91. The van der Waals surface area contributed by atoms with Crippen LogP contribution in [0, 0.1) is 12.8 Å². The van der Waals surface area contributed by atoms with Crippen LogP contribution >= 0.6 is 0 Å². The third kappa shape index (κ3) is 3.64. The van der Waals surface area contributed by atoms with E-state index in [2.05, 4.69) is 6.92 Å². The Hall–Kier alpha value is -1.74. The molecule has 1 atom stereocenters. The van der Waals surface area contributed by atoms with Gasteiger partial charge in [-0.3, -0.25) is 0 Å². The summed E-state index contributed by atoms with van der Waals surface area (Å²) in [4.78, 5) is 0. The highest BCUT2D eigenvalue weighted by molar-refractivity contribution is 5.26. The van der Waals surface area contributed by atoms with Gasteiger partial charge in [0.15, 0.2) is 0 Å². The first kappa shape index (κ1) is 12.7. The topological polar surface area (TPSA) is 48.4 Å². The van der Waals surface area contributed by atoms with E-state index in [0.717, 1.165) is 17.9 Å². The minimum Gasteiger partial charge on any atom is -0.493 e. The average molecular weight is 245 g/mol. The van der Waals surface area contributed by atoms with Crippen molar-refractivity contribution in [3.05, 3.63) is 54.0 Å². The van der Waals surface area contributed by atoms with Crippen LogP contribution in [0.3, 0.4) is 0 Å². The molecule has 0 saturated heterocycles. The van der Waals surface area contributed by atoms with Crippen LogP contribution in [-0.4, -0.2) is 13.2 Å². The molecule has 0 saturated carbocycles. The van der Waals surface area contributed by atoms with Crippen molar-refractivity contribution in [2.24, 2.45) is 11.7 Å². The summed E-state index contributed by atoms with van der Waals surface area (Å²) >= 11 is 0. The molecule has 0 radical (unpaired) electrons. The van der Waals surface area contributed by atoms with Gasteiger partial charge in [0, 0.05) is 12.3 Å². The summed E-state index contributed by atoms with van der Waals surface area (Å²) in [5, 5.41) is 0. The smallest absolute Gasteiger partial charge is 0.119 e. The maximum atomic E-state index is 5.76. The van der Waals surface area contributed by atoms with Crippen molar-refractivity contribution >= 4 is 0 Å². The van der Waals surface area contributed by atoms with Gasteiger partial charge in [0.05, 0.1) is 12.9 Å². The Kier molecular flexibility index (Phi) is 4.42. The standard InChI is InChI=1S/C15H19NO2/c1-12-4-6-14(7-5-12)18-11-13(10-16)9-15-3-2-8-17-15/h2-8,13H,9-11,16H2,1H3. The zero-order chi connectivity index (χ0) is 12.8. The highest BCUT2D eigenvalue weighted by Gasteiger charge is 2.10. The molecule has 3 heteroatoms. The lowest BCUT2D eigenvalue weighted by molar-refractivity contribution is 0.245. The van der Waals surface area contributed by atoms with E-state index < -0.39 is 0 Å². The molecule has 1 heterocycles. The zero-order valence-corrected chi connectivity index (χ0v) is 10.6. The second-order valence-corrected chi connectivity index (χ2v) is 4.51. The third-order valence-corrected chi connectivity index (χ3v) is 2.91. The van der Waals surface area contributed by atoms with Crippen LogP contribution in [-0.2, 0) is 6.42 Å². The van der Waals surface area contributed by atoms with Crippen LogP contribution < -0.4 is 10.5 Å². The Bertz CT molecular complexity index is 448. The summed E-state index contributed by atoms with van der Waals surface area (Å²) in [6.45, 7) is 3.26. The maximum Gasteiger partial charge on any atom is 0.119 e. The predicted molar refractivity (Wildman–Crippen MR) is 71.6 cm³/mol. The Morgan fingerprint density at radius 2 is 2.00 bits per heavy atom. The summed E-state index contributed by atoms with van der Waals surface area (Å²) in [5.41, 5.74) is 6.99. The van der Waals surface area contributed by atoms with Crippen molar-refractivity contribution in [3.63, 3.8) is 0 Å². The molecule has 1 unspecified atom stereocenters. The second kappa shape index (κ2) is 6.26. The van der Waals surface area contributed by atoms with Gasteiger partial charge in [0.2, 0.25) is 0 Å². The average Bonchev–Trinajstić information content (AvgIpc) is 2.89. The van der Waals surface area contributed by atoms with E-state index in [4.69, 9.17) is 14.9 Å². The van der Waals surface area contributed by atoms with E-state index in [1.807, 2.05) is 36.4 Å². The molecule has 96 valence electrons. The van der Waals surface area contributed by atoms with Gasteiger partial charge in [-0.2, -0.15) is 0 Å². The molecule has 2 rings (SSSR count). The van der Waals surface area contributed by atoms with Gasteiger partial charge in [0.25, 0.3) is 0 Å². The maximum absolute atomic E-state index is 5.76. The van der Waals surface area contributed by atoms with Crippen LogP contribution in [0.4, 0.5) is 0 Å². The summed E-state index contributed by atoms with van der Waals surface area (Å²) in [5.74, 6) is 2.12. The molecule has 0 amide bonds. The lowest BCUT2D eigenvalue weighted by atomic mass is 10.1. The SMILES string of the molecule is Cc1ccc(OCC(CN)Cc2ccco2)cc1. The number of hydrogen-bond acceptors (Lipinski definition) is 3. The Labute approximate surface area is 108 Å². The van der Waals surface area contributed by atoms with E-state index in [0.29, 0.717) is 13.2 Å². The van der Waals surface area contributed by atoms with Crippen molar-refractivity contribution in [1.82, 2.24) is 0 Å². The van der Waals surface area contributed by atoms with Crippen LogP contribution in [0.5, 0.6) is 5.75 Å².